The standard InChI is InChI=1S/C17H33NO/c1-3-4-5-6-8-11-16(2)14-18-15-17(19-16)12-9-7-10-13-17/h18H,3-15H2,1-2H3. The molecule has 0 amide bonds. The minimum Gasteiger partial charge on any atom is -0.366 e. The summed E-state index contributed by atoms with van der Waals surface area (Å²) in [5.74, 6) is 0. The Morgan fingerprint density at radius 3 is 2.42 bits per heavy atom. The van der Waals surface area contributed by atoms with E-state index in [0.717, 1.165) is 13.1 Å². The molecule has 0 bridgehead atoms. The number of nitrogens with one attached hydrogen (secondary N) is 1. The number of ether oxygens (including phenoxy) is 1. The molecule has 2 fully saturated rings. The summed E-state index contributed by atoms with van der Waals surface area (Å²) in [6.45, 7) is 6.73. The molecule has 1 N–H and O–H groups in total. The number of unbranched alkanes of at least 4 members (excludes halogenated alkanes) is 4. The molecule has 0 aromatic carbocycles. The van der Waals surface area contributed by atoms with Gasteiger partial charge in [0.1, 0.15) is 0 Å². The lowest BCUT2D eigenvalue weighted by Crippen LogP contribution is -2.59. The highest BCUT2D eigenvalue weighted by Gasteiger charge is 2.43. The molecule has 2 heteroatoms. The summed E-state index contributed by atoms with van der Waals surface area (Å²) in [6, 6.07) is 0. The van der Waals surface area contributed by atoms with E-state index in [2.05, 4.69) is 19.2 Å². The minimum absolute atomic E-state index is 0.0851. The predicted molar refractivity (Wildman–Crippen MR) is 81.6 cm³/mol. The fraction of sp³-hybridized carbons (Fsp3) is 1.00. The zero-order chi connectivity index (χ0) is 13.6. The number of rotatable bonds is 6. The maximum absolute atomic E-state index is 6.65. The summed E-state index contributed by atoms with van der Waals surface area (Å²) in [6.07, 6.45) is 14.7. The molecular weight excluding hydrogens is 234 g/mol. The van der Waals surface area contributed by atoms with Gasteiger partial charge in [-0.3, -0.25) is 0 Å². The lowest BCUT2D eigenvalue weighted by molar-refractivity contribution is -0.186. The summed E-state index contributed by atoms with van der Waals surface area (Å²) in [5.41, 5.74) is 0.260. The quantitative estimate of drug-likeness (QED) is 0.719. The van der Waals surface area contributed by atoms with Crippen LogP contribution in [-0.4, -0.2) is 24.3 Å². The van der Waals surface area contributed by atoms with E-state index in [9.17, 15) is 0 Å². The molecule has 112 valence electrons. The van der Waals surface area contributed by atoms with Crippen LogP contribution >= 0.6 is 0 Å². The highest BCUT2D eigenvalue weighted by molar-refractivity contribution is 4.96. The van der Waals surface area contributed by atoms with E-state index in [1.54, 1.807) is 0 Å². The Hall–Kier alpha value is -0.0800. The van der Waals surface area contributed by atoms with E-state index < -0.39 is 0 Å². The molecule has 1 spiro atoms. The largest absolute Gasteiger partial charge is 0.366 e. The van der Waals surface area contributed by atoms with Gasteiger partial charge < -0.3 is 10.1 Å². The van der Waals surface area contributed by atoms with Crippen LogP contribution in [0.2, 0.25) is 0 Å². The summed E-state index contributed by atoms with van der Waals surface area (Å²) >= 11 is 0. The van der Waals surface area contributed by atoms with Gasteiger partial charge in [0.25, 0.3) is 0 Å². The summed E-state index contributed by atoms with van der Waals surface area (Å²) < 4.78 is 6.65. The van der Waals surface area contributed by atoms with Gasteiger partial charge in [0.05, 0.1) is 11.2 Å². The van der Waals surface area contributed by atoms with Crippen molar-refractivity contribution in [3.63, 3.8) is 0 Å². The fourth-order valence-electron chi connectivity index (χ4n) is 3.87. The predicted octanol–water partition coefficient (Wildman–Crippen LogP) is 4.43. The van der Waals surface area contributed by atoms with Gasteiger partial charge in [0, 0.05) is 13.1 Å². The molecule has 1 saturated carbocycles. The molecule has 1 aliphatic heterocycles. The van der Waals surface area contributed by atoms with Crippen molar-refractivity contribution in [1.82, 2.24) is 5.32 Å². The van der Waals surface area contributed by atoms with Crippen LogP contribution in [-0.2, 0) is 4.74 Å². The van der Waals surface area contributed by atoms with Gasteiger partial charge >= 0.3 is 0 Å². The molecule has 0 aromatic rings. The Kier molecular flexibility index (Phi) is 5.70. The van der Waals surface area contributed by atoms with E-state index in [1.807, 2.05) is 0 Å². The lowest BCUT2D eigenvalue weighted by Gasteiger charge is -2.49. The summed E-state index contributed by atoms with van der Waals surface area (Å²) in [5, 5.41) is 3.66. The van der Waals surface area contributed by atoms with Crippen molar-refractivity contribution in [2.45, 2.75) is 95.7 Å². The van der Waals surface area contributed by atoms with Crippen LogP contribution in [0.1, 0.15) is 84.5 Å². The second-order valence-corrected chi connectivity index (χ2v) is 7.06. The highest BCUT2D eigenvalue weighted by Crippen LogP contribution is 2.38. The van der Waals surface area contributed by atoms with E-state index >= 15 is 0 Å². The SMILES string of the molecule is CCCCCCCC1(C)CNCC2(CCCCC2)O1. The van der Waals surface area contributed by atoms with Crippen LogP contribution in [0.25, 0.3) is 0 Å². The minimum atomic E-state index is 0.0851. The van der Waals surface area contributed by atoms with E-state index in [4.69, 9.17) is 4.74 Å². The molecule has 1 saturated heterocycles. The van der Waals surface area contributed by atoms with Crippen molar-refractivity contribution in [3.8, 4) is 0 Å². The Morgan fingerprint density at radius 1 is 0.947 bits per heavy atom. The molecule has 1 heterocycles. The van der Waals surface area contributed by atoms with Crippen LogP contribution in [0, 0.1) is 0 Å². The Bertz CT molecular complexity index is 254. The first-order chi connectivity index (χ1) is 9.18. The van der Waals surface area contributed by atoms with Gasteiger partial charge in [-0.15, -0.1) is 0 Å². The van der Waals surface area contributed by atoms with Gasteiger partial charge in [-0.05, 0) is 26.2 Å². The third-order valence-electron chi connectivity index (χ3n) is 4.98. The fourth-order valence-corrected chi connectivity index (χ4v) is 3.87. The maximum Gasteiger partial charge on any atom is 0.0814 e. The molecular formula is C17H33NO. The number of morpholine rings is 1. The van der Waals surface area contributed by atoms with Gasteiger partial charge in [-0.1, -0.05) is 58.3 Å². The van der Waals surface area contributed by atoms with Gasteiger partial charge in [-0.2, -0.15) is 0 Å². The third kappa shape index (κ3) is 4.46. The second-order valence-electron chi connectivity index (χ2n) is 7.06. The molecule has 1 aliphatic carbocycles. The Balaban J connectivity index is 1.77. The van der Waals surface area contributed by atoms with Crippen LogP contribution in [0.5, 0.6) is 0 Å². The zero-order valence-electron chi connectivity index (χ0n) is 13.1. The molecule has 2 aliphatic rings. The van der Waals surface area contributed by atoms with Gasteiger partial charge in [-0.25, -0.2) is 0 Å². The second kappa shape index (κ2) is 7.08. The highest BCUT2D eigenvalue weighted by atomic mass is 16.5. The average molecular weight is 267 g/mol. The van der Waals surface area contributed by atoms with Crippen LogP contribution < -0.4 is 5.32 Å². The van der Waals surface area contributed by atoms with Gasteiger partial charge in [0.15, 0.2) is 0 Å². The van der Waals surface area contributed by atoms with Crippen molar-refractivity contribution in [1.29, 1.82) is 0 Å². The first-order valence-corrected chi connectivity index (χ1v) is 8.59. The number of hydrogen-bond donors (Lipinski definition) is 1. The van der Waals surface area contributed by atoms with E-state index in [-0.39, 0.29) is 11.2 Å². The molecule has 2 nitrogen and oxygen atoms in total. The van der Waals surface area contributed by atoms with Crippen molar-refractivity contribution < 1.29 is 4.74 Å². The Morgan fingerprint density at radius 2 is 1.68 bits per heavy atom. The van der Waals surface area contributed by atoms with Crippen LogP contribution in [0.4, 0.5) is 0 Å². The topological polar surface area (TPSA) is 21.3 Å². The number of hydrogen-bond acceptors (Lipinski definition) is 2. The average Bonchev–Trinajstić information content (AvgIpc) is 2.39. The first-order valence-electron chi connectivity index (χ1n) is 8.59. The summed E-state index contributed by atoms with van der Waals surface area (Å²) in [7, 11) is 0. The van der Waals surface area contributed by atoms with Crippen LogP contribution in [0.3, 0.4) is 0 Å². The smallest absolute Gasteiger partial charge is 0.0814 e. The summed E-state index contributed by atoms with van der Waals surface area (Å²) in [4.78, 5) is 0. The monoisotopic (exact) mass is 267 g/mol. The molecule has 0 aromatic heterocycles. The third-order valence-corrected chi connectivity index (χ3v) is 4.98. The first kappa shape index (κ1) is 15.3. The zero-order valence-corrected chi connectivity index (χ0v) is 13.1. The maximum atomic E-state index is 6.65. The van der Waals surface area contributed by atoms with Crippen molar-refractivity contribution in [2.24, 2.45) is 0 Å². The van der Waals surface area contributed by atoms with E-state index in [1.165, 1.54) is 70.6 Å². The molecule has 19 heavy (non-hydrogen) atoms. The van der Waals surface area contributed by atoms with Crippen molar-refractivity contribution in [3.05, 3.63) is 0 Å². The van der Waals surface area contributed by atoms with Gasteiger partial charge in [0.2, 0.25) is 0 Å². The normalized spacial score (nSPS) is 30.6. The van der Waals surface area contributed by atoms with Crippen molar-refractivity contribution in [2.75, 3.05) is 13.1 Å². The molecule has 1 atom stereocenters. The van der Waals surface area contributed by atoms with Crippen molar-refractivity contribution >= 4 is 0 Å². The Labute approximate surface area is 119 Å². The molecule has 1 unspecified atom stereocenters. The molecule has 2 rings (SSSR count). The lowest BCUT2D eigenvalue weighted by atomic mass is 9.81. The van der Waals surface area contributed by atoms with Crippen LogP contribution in [0.15, 0.2) is 0 Å². The van der Waals surface area contributed by atoms with E-state index in [0.29, 0.717) is 0 Å². The molecule has 0 radical (unpaired) electrons.